The third-order valence-electron chi connectivity index (χ3n) is 7.83. The molecule has 35 heavy (non-hydrogen) atoms. The number of hydrogen-bond donors (Lipinski definition) is 1. The van der Waals surface area contributed by atoms with Gasteiger partial charge in [0.25, 0.3) is 0 Å². The molecule has 0 unspecified atom stereocenters. The van der Waals surface area contributed by atoms with E-state index in [2.05, 4.69) is 20.4 Å². The van der Waals surface area contributed by atoms with Crippen LogP contribution in [0.5, 0.6) is 5.75 Å². The Labute approximate surface area is 204 Å². The van der Waals surface area contributed by atoms with Crippen LogP contribution < -0.4 is 10.1 Å². The molecule has 0 bridgehead atoms. The van der Waals surface area contributed by atoms with Crippen LogP contribution in [0.15, 0.2) is 24.3 Å². The van der Waals surface area contributed by atoms with Crippen LogP contribution in [0.1, 0.15) is 36.8 Å². The van der Waals surface area contributed by atoms with E-state index in [0.29, 0.717) is 29.1 Å². The largest absolute Gasteiger partial charge is 0.497 e. The van der Waals surface area contributed by atoms with E-state index in [1.807, 2.05) is 6.92 Å². The first-order valence-corrected chi connectivity index (χ1v) is 12.5. The molecule has 3 aliphatic rings. The number of fused-ring (bicyclic) bond motifs is 1. The summed E-state index contributed by atoms with van der Waals surface area (Å²) in [5, 5.41) is 11.3. The van der Waals surface area contributed by atoms with E-state index in [1.54, 1.807) is 25.3 Å². The number of hydrogen-bond acceptors (Lipinski definition) is 6. The number of anilines is 1. The van der Waals surface area contributed by atoms with Crippen molar-refractivity contribution in [2.45, 2.75) is 44.8 Å². The van der Waals surface area contributed by atoms with E-state index in [9.17, 15) is 13.2 Å². The maximum absolute atomic E-state index is 14.0. The summed E-state index contributed by atoms with van der Waals surface area (Å²) >= 11 is 0. The monoisotopic (exact) mass is 490 g/mol. The predicted molar refractivity (Wildman–Crippen MR) is 127 cm³/mol. The van der Waals surface area contributed by atoms with Crippen LogP contribution in [0.4, 0.5) is 19.0 Å². The third-order valence-corrected chi connectivity index (χ3v) is 7.83. The van der Waals surface area contributed by atoms with Crippen molar-refractivity contribution in [3.05, 3.63) is 35.4 Å². The van der Waals surface area contributed by atoms with Crippen molar-refractivity contribution in [2.75, 3.05) is 45.3 Å². The highest BCUT2D eigenvalue weighted by Crippen LogP contribution is 2.42. The van der Waals surface area contributed by atoms with Crippen molar-refractivity contribution in [3.63, 3.8) is 0 Å². The first kappa shape index (κ1) is 24.3. The minimum Gasteiger partial charge on any atom is -0.497 e. The molecule has 5 rings (SSSR count). The number of aromatic nitrogens is 2. The van der Waals surface area contributed by atoms with E-state index < -0.39 is 11.7 Å². The highest BCUT2D eigenvalue weighted by atomic mass is 19.4. The van der Waals surface area contributed by atoms with E-state index in [1.165, 1.54) is 0 Å². The maximum Gasteiger partial charge on any atom is 0.420 e. The summed E-state index contributed by atoms with van der Waals surface area (Å²) in [4.78, 5) is 2.55. The van der Waals surface area contributed by atoms with Gasteiger partial charge in [-0.15, -0.1) is 10.2 Å². The van der Waals surface area contributed by atoms with E-state index in [-0.39, 0.29) is 17.6 Å². The van der Waals surface area contributed by atoms with Crippen molar-refractivity contribution < 1.29 is 22.6 Å². The number of aryl methyl sites for hydroxylation is 1. The molecule has 1 saturated carbocycles. The lowest BCUT2D eigenvalue weighted by molar-refractivity contribution is -0.137. The summed E-state index contributed by atoms with van der Waals surface area (Å²) in [5.74, 6) is 2.23. The third kappa shape index (κ3) is 5.40. The van der Waals surface area contributed by atoms with Gasteiger partial charge in [-0.25, -0.2) is 0 Å². The normalized spacial score (nSPS) is 24.0. The highest BCUT2D eigenvalue weighted by Gasteiger charge is 2.43. The van der Waals surface area contributed by atoms with Gasteiger partial charge in [0.1, 0.15) is 11.3 Å². The summed E-state index contributed by atoms with van der Waals surface area (Å²) < 4.78 is 52.7. The van der Waals surface area contributed by atoms with Crippen LogP contribution >= 0.6 is 0 Å². The number of methoxy groups -OCH3 is 1. The second-order valence-electron chi connectivity index (χ2n) is 10.3. The van der Waals surface area contributed by atoms with Gasteiger partial charge < -0.3 is 19.7 Å². The zero-order valence-electron chi connectivity index (χ0n) is 20.3. The molecule has 1 aromatic heterocycles. The van der Waals surface area contributed by atoms with Crippen molar-refractivity contribution in [1.29, 1.82) is 0 Å². The molecular formula is C26H33F3N4O2. The fourth-order valence-corrected chi connectivity index (χ4v) is 6.05. The minimum absolute atomic E-state index is 0.0146. The van der Waals surface area contributed by atoms with E-state index in [4.69, 9.17) is 9.47 Å². The summed E-state index contributed by atoms with van der Waals surface area (Å²) in [5.41, 5.74) is 0.822. The summed E-state index contributed by atoms with van der Waals surface area (Å²) in [7, 11) is 1.55. The van der Waals surface area contributed by atoms with Gasteiger partial charge in [-0.1, -0.05) is 0 Å². The van der Waals surface area contributed by atoms with Crippen LogP contribution in [0, 0.1) is 24.7 Å². The molecule has 0 amide bonds. The number of nitrogens with one attached hydrogen (secondary N) is 1. The Morgan fingerprint density at radius 2 is 1.80 bits per heavy atom. The fourth-order valence-electron chi connectivity index (χ4n) is 6.05. The number of rotatable bonds is 6. The Hall–Kier alpha value is -2.39. The molecule has 3 fully saturated rings. The minimum atomic E-state index is -4.53. The highest BCUT2D eigenvalue weighted by molar-refractivity contribution is 5.66. The first-order valence-electron chi connectivity index (χ1n) is 12.5. The zero-order valence-corrected chi connectivity index (χ0v) is 20.3. The van der Waals surface area contributed by atoms with Gasteiger partial charge in [-0.05, 0) is 80.2 Å². The van der Waals surface area contributed by atoms with Crippen molar-refractivity contribution in [3.8, 4) is 17.0 Å². The smallest absolute Gasteiger partial charge is 0.420 e. The Morgan fingerprint density at radius 3 is 2.43 bits per heavy atom. The summed E-state index contributed by atoms with van der Waals surface area (Å²) in [6, 6.07) is 6.30. The van der Waals surface area contributed by atoms with E-state index >= 15 is 0 Å². The Morgan fingerprint density at radius 1 is 1.09 bits per heavy atom. The molecule has 190 valence electrons. The molecule has 1 N–H and O–H groups in total. The molecule has 0 radical (unpaired) electrons. The molecule has 2 atom stereocenters. The molecule has 9 heteroatoms. The number of ether oxygens (including phenoxy) is 2. The molecular weight excluding hydrogens is 457 g/mol. The maximum atomic E-state index is 14.0. The molecule has 2 saturated heterocycles. The summed E-state index contributed by atoms with van der Waals surface area (Å²) in [6.07, 6.45) is -0.537. The SMILES string of the molecule is COc1ccc(-c2cc(C(F)(F)F)c(NC3C[C@@H]4CN(CC5CCOCC5)C[C@H]4C3)nn2)c(C)c1. The standard InChI is InChI=1S/C26H33F3N4O2/c1-16-9-21(34-2)3-4-22(16)24-12-23(26(27,28)29)25(32-31-24)30-20-10-18-14-33(15-19(18)11-20)13-17-5-7-35-8-6-17/h3-4,9,12,17-20H,5-8,10-11,13-15H2,1-2H3,(H,30,32)/t18-,19-/m1/s1. The van der Waals surface area contributed by atoms with Crippen molar-refractivity contribution >= 4 is 5.82 Å². The molecule has 2 aliphatic heterocycles. The molecule has 1 aromatic carbocycles. The molecule has 6 nitrogen and oxygen atoms in total. The molecule has 2 aromatic rings. The van der Waals surface area contributed by atoms with Crippen LogP contribution in [0.3, 0.4) is 0 Å². The topological polar surface area (TPSA) is 59.5 Å². The number of likely N-dealkylation sites (tertiary alicyclic amines) is 1. The molecule has 1 aliphatic carbocycles. The lowest BCUT2D eigenvalue weighted by Crippen LogP contribution is -2.32. The second kappa shape index (κ2) is 9.93. The fraction of sp³-hybridized carbons (Fsp3) is 0.615. The molecule has 3 heterocycles. The summed E-state index contributed by atoms with van der Waals surface area (Å²) in [6.45, 7) is 6.72. The van der Waals surface area contributed by atoms with Gasteiger partial charge in [0.2, 0.25) is 0 Å². The zero-order chi connectivity index (χ0) is 24.6. The average Bonchev–Trinajstić information content (AvgIpc) is 3.37. The van der Waals surface area contributed by atoms with Gasteiger partial charge in [0, 0.05) is 44.5 Å². The number of halogens is 3. The van der Waals surface area contributed by atoms with Crippen LogP contribution in [0.2, 0.25) is 0 Å². The quantitative estimate of drug-likeness (QED) is 0.613. The van der Waals surface area contributed by atoms with Gasteiger partial charge >= 0.3 is 6.18 Å². The van der Waals surface area contributed by atoms with Crippen molar-refractivity contribution in [2.24, 2.45) is 17.8 Å². The lowest BCUT2D eigenvalue weighted by Gasteiger charge is -2.28. The Balaban J connectivity index is 1.26. The van der Waals surface area contributed by atoms with Gasteiger partial charge in [0.05, 0.1) is 12.8 Å². The lowest BCUT2D eigenvalue weighted by atomic mass is 10.00. The first-order chi connectivity index (χ1) is 16.8. The molecule has 0 spiro atoms. The van der Waals surface area contributed by atoms with Crippen LogP contribution in [-0.2, 0) is 10.9 Å². The van der Waals surface area contributed by atoms with Gasteiger partial charge in [-0.2, -0.15) is 13.2 Å². The van der Waals surface area contributed by atoms with Crippen LogP contribution in [0.25, 0.3) is 11.3 Å². The van der Waals surface area contributed by atoms with Gasteiger partial charge in [0.15, 0.2) is 5.82 Å². The Kier molecular flexibility index (Phi) is 6.90. The second-order valence-corrected chi connectivity index (χ2v) is 10.3. The predicted octanol–water partition coefficient (Wildman–Crippen LogP) is 5.03. The Bertz CT molecular complexity index is 1030. The number of nitrogens with zero attached hydrogens (tertiary/aromatic N) is 3. The number of alkyl halides is 3. The van der Waals surface area contributed by atoms with E-state index in [0.717, 1.165) is 70.2 Å². The number of benzene rings is 1. The average molecular weight is 491 g/mol. The van der Waals surface area contributed by atoms with Gasteiger partial charge in [-0.3, -0.25) is 0 Å². The van der Waals surface area contributed by atoms with Crippen molar-refractivity contribution in [1.82, 2.24) is 15.1 Å². The van der Waals surface area contributed by atoms with Crippen LogP contribution in [-0.4, -0.2) is 61.1 Å².